The lowest BCUT2D eigenvalue weighted by molar-refractivity contribution is -0.193. The number of fused-ring (bicyclic) bond motifs is 1. The molecule has 2 aliphatic rings. The monoisotopic (exact) mass is 540 g/mol. The van der Waals surface area contributed by atoms with Gasteiger partial charge in [-0.3, -0.25) is 14.7 Å². The fraction of sp³-hybridized carbons (Fsp3) is 0.476. The average Bonchev–Trinajstić information content (AvgIpc) is 3.39. The van der Waals surface area contributed by atoms with Crippen molar-refractivity contribution in [2.75, 3.05) is 13.1 Å². The molecule has 0 bridgehead atoms. The van der Waals surface area contributed by atoms with E-state index < -0.39 is 24.3 Å². The number of pyridine rings is 1. The highest BCUT2D eigenvalue weighted by Gasteiger charge is 2.39. The zero-order chi connectivity index (χ0) is 27.8. The highest BCUT2D eigenvalue weighted by molar-refractivity contribution is 5.89. The van der Waals surface area contributed by atoms with Crippen molar-refractivity contribution < 1.29 is 55.4 Å². The predicted molar refractivity (Wildman–Crippen MR) is 111 cm³/mol. The molecule has 0 aromatic carbocycles. The second-order valence-corrected chi connectivity index (χ2v) is 7.97. The van der Waals surface area contributed by atoms with Crippen LogP contribution in [0.2, 0.25) is 0 Å². The number of aromatic nitrogens is 2. The van der Waals surface area contributed by atoms with Crippen LogP contribution in [0.3, 0.4) is 0 Å². The Bertz CT molecular complexity index is 1020. The number of carboxylic acid groups (broad SMARTS) is 2. The molecule has 0 unspecified atom stereocenters. The standard InChI is InChI=1S/C17H20N4O2.2C2HF3O2/c22-16(19-8-5-12-3-6-18-7-4-12)17-20-14-10-21(9-13-1-2-13)11-15(14)23-17;2*3-2(4,5)1(6)7/h3-4,6-7,13H,1-2,5,8-11H2,(H,19,22);2*(H,6,7). The molecule has 4 rings (SSSR count). The van der Waals surface area contributed by atoms with Crippen LogP contribution in [0, 0.1) is 5.92 Å². The molecule has 16 heteroatoms. The number of carbonyl (C=O) groups excluding carboxylic acids is 1. The summed E-state index contributed by atoms with van der Waals surface area (Å²) in [5.41, 5.74) is 2.07. The van der Waals surface area contributed by atoms with Gasteiger partial charge in [0, 0.05) is 32.0 Å². The van der Waals surface area contributed by atoms with E-state index in [-0.39, 0.29) is 11.8 Å². The number of carboxylic acids is 2. The zero-order valence-electron chi connectivity index (χ0n) is 19.0. The second kappa shape index (κ2) is 12.5. The fourth-order valence-corrected chi connectivity index (χ4v) is 2.94. The Labute approximate surface area is 205 Å². The van der Waals surface area contributed by atoms with Crippen LogP contribution in [0.4, 0.5) is 26.3 Å². The summed E-state index contributed by atoms with van der Waals surface area (Å²) in [4.78, 5) is 40.6. The lowest BCUT2D eigenvalue weighted by atomic mass is 10.2. The number of halogens is 6. The van der Waals surface area contributed by atoms with Gasteiger partial charge in [0.05, 0.1) is 12.2 Å². The molecule has 1 aliphatic heterocycles. The Morgan fingerprint density at radius 1 is 1.00 bits per heavy atom. The molecule has 2 aromatic heterocycles. The van der Waals surface area contributed by atoms with E-state index in [4.69, 9.17) is 24.2 Å². The molecular weight excluding hydrogens is 518 g/mol. The first kappa shape index (κ1) is 29.5. The summed E-state index contributed by atoms with van der Waals surface area (Å²) in [6.07, 6.45) is -3.21. The largest absolute Gasteiger partial charge is 0.490 e. The molecule has 3 N–H and O–H groups in total. The number of rotatable bonds is 6. The van der Waals surface area contributed by atoms with E-state index >= 15 is 0 Å². The molecular formula is C21H22F6N4O6. The molecule has 2 aromatic rings. The van der Waals surface area contributed by atoms with Gasteiger partial charge in [-0.25, -0.2) is 14.6 Å². The molecule has 0 saturated heterocycles. The Hall–Kier alpha value is -3.69. The van der Waals surface area contributed by atoms with Crippen LogP contribution in [0.1, 0.15) is 40.5 Å². The third kappa shape index (κ3) is 10.4. The maximum Gasteiger partial charge on any atom is 0.490 e. The second-order valence-electron chi connectivity index (χ2n) is 7.97. The maximum absolute atomic E-state index is 12.1. The van der Waals surface area contributed by atoms with E-state index in [1.165, 1.54) is 12.8 Å². The molecule has 1 amide bonds. The smallest absolute Gasteiger partial charge is 0.475 e. The summed E-state index contributed by atoms with van der Waals surface area (Å²) in [7, 11) is 0. The molecule has 37 heavy (non-hydrogen) atoms. The van der Waals surface area contributed by atoms with Gasteiger partial charge < -0.3 is 19.9 Å². The highest BCUT2D eigenvalue weighted by Crippen LogP contribution is 2.33. The van der Waals surface area contributed by atoms with Gasteiger partial charge in [-0.1, -0.05) is 0 Å². The highest BCUT2D eigenvalue weighted by atomic mass is 19.4. The number of carbonyl (C=O) groups is 3. The topological polar surface area (TPSA) is 146 Å². The number of alkyl halides is 6. The number of aliphatic carboxylic acids is 2. The third-order valence-corrected chi connectivity index (χ3v) is 4.86. The Morgan fingerprint density at radius 2 is 1.54 bits per heavy atom. The number of oxazole rings is 1. The van der Waals surface area contributed by atoms with E-state index in [1.54, 1.807) is 12.4 Å². The van der Waals surface area contributed by atoms with Gasteiger partial charge in [-0.05, 0) is 42.9 Å². The lowest BCUT2D eigenvalue weighted by Gasteiger charge is -2.12. The van der Waals surface area contributed by atoms with Crippen LogP contribution >= 0.6 is 0 Å². The SMILES string of the molecule is O=C(NCCc1ccncc1)c1nc2c(o1)CN(CC1CC1)C2.O=C(O)C(F)(F)F.O=C(O)C(F)(F)F. The quantitative estimate of drug-likeness (QED) is 0.471. The average molecular weight is 540 g/mol. The number of nitrogens with one attached hydrogen (secondary N) is 1. The first-order chi connectivity index (χ1) is 17.2. The normalized spacial score (nSPS) is 15.0. The van der Waals surface area contributed by atoms with Crippen molar-refractivity contribution in [2.24, 2.45) is 5.92 Å². The van der Waals surface area contributed by atoms with E-state index in [2.05, 4.69) is 20.2 Å². The lowest BCUT2D eigenvalue weighted by Crippen LogP contribution is -2.26. The van der Waals surface area contributed by atoms with E-state index in [0.29, 0.717) is 6.54 Å². The van der Waals surface area contributed by atoms with E-state index in [0.717, 1.165) is 49.0 Å². The van der Waals surface area contributed by atoms with Crippen LogP contribution < -0.4 is 5.32 Å². The summed E-state index contributed by atoms with van der Waals surface area (Å²) in [5.74, 6) is -3.85. The Morgan fingerprint density at radius 3 is 2.00 bits per heavy atom. The van der Waals surface area contributed by atoms with Gasteiger partial charge in [0.2, 0.25) is 0 Å². The van der Waals surface area contributed by atoms with Gasteiger partial charge in [0.25, 0.3) is 5.89 Å². The van der Waals surface area contributed by atoms with Crippen molar-refractivity contribution >= 4 is 17.8 Å². The summed E-state index contributed by atoms with van der Waals surface area (Å²) in [5, 5.41) is 17.1. The van der Waals surface area contributed by atoms with Crippen molar-refractivity contribution in [1.82, 2.24) is 20.2 Å². The zero-order valence-corrected chi connectivity index (χ0v) is 19.0. The summed E-state index contributed by atoms with van der Waals surface area (Å²) < 4.78 is 69.1. The first-order valence-electron chi connectivity index (χ1n) is 10.6. The molecule has 0 radical (unpaired) electrons. The van der Waals surface area contributed by atoms with Gasteiger partial charge >= 0.3 is 30.2 Å². The van der Waals surface area contributed by atoms with Gasteiger partial charge in [0.1, 0.15) is 5.76 Å². The Balaban J connectivity index is 0.000000286. The number of hydrogen-bond acceptors (Lipinski definition) is 7. The van der Waals surface area contributed by atoms with Crippen molar-refractivity contribution in [3.63, 3.8) is 0 Å². The molecule has 204 valence electrons. The molecule has 0 atom stereocenters. The number of hydrogen-bond donors (Lipinski definition) is 3. The minimum Gasteiger partial charge on any atom is -0.475 e. The third-order valence-electron chi connectivity index (χ3n) is 4.86. The minimum absolute atomic E-state index is 0.191. The van der Waals surface area contributed by atoms with E-state index in [9.17, 15) is 31.1 Å². The van der Waals surface area contributed by atoms with Crippen LogP contribution in [-0.2, 0) is 29.1 Å². The summed E-state index contributed by atoms with van der Waals surface area (Å²) in [6, 6.07) is 3.89. The van der Waals surface area contributed by atoms with Crippen molar-refractivity contribution in [3.05, 3.63) is 47.4 Å². The summed E-state index contributed by atoms with van der Waals surface area (Å²) >= 11 is 0. The Kier molecular flexibility index (Phi) is 9.99. The fourth-order valence-electron chi connectivity index (χ4n) is 2.94. The molecule has 1 fully saturated rings. The van der Waals surface area contributed by atoms with E-state index in [1.807, 2.05) is 12.1 Å². The van der Waals surface area contributed by atoms with Crippen LogP contribution in [0.5, 0.6) is 0 Å². The maximum atomic E-state index is 12.1. The molecule has 1 saturated carbocycles. The molecule has 3 heterocycles. The van der Waals surface area contributed by atoms with Crippen molar-refractivity contribution in [1.29, 1.82) is 0 Å². The summed E-state index contributed by atoms with van der Waals surface area (Å²) in [6.45, 7) is 3.27. The van der Waals surface area contributed by atoms with Gasteiger partial charge in [-0.2, -0.15) is 26.3 Å². The van der Waals surface area contributed by atoms with Crippen LogP contribution in [-0.4, -0.2) is 68.4 Å². The molecule has 1 aliphatic carbocycles. The van der Waals surface area contributed by atoms with Gasteiger partial charge in [-0.15, -0.1) is 0 Å². The van der Waals surface area contributed by atoms with Crippen LogP contribution in [0.25, 0.3) is 0 Å². The first-order valence-corrected chi connectivity index (χ1v) is 10.6. The van der Waals surface area contributed by atoms with Crippen LogP contribution in [0.15, 0.2) is 28.9 Å². The minimum atomic E-state index is -5.08. The molecule has 10 nitrogen and oxygen atoms in total. The van der Waals surface area contributed by atoms with Crippen molar-refractivity contribution in [3.8, 4) is 0 Å². The predicted octanol–water partition coefficient (Wildman–Crippen LogP) is 3.03. The molecule has 0 spiro atoms. The number of amides is 1. The number of nitrogens with zero attached hydrogens (tertiary/aromatic N) is 3. The van der Waals surface area contributed by atoms with Crippen molar-refractivity contribution in [2.45, 2.75) is 44.7 Å². The van der Waals surface area contributed by atoms with Gasteiger partial charge in [0.15, 0.2) is 0 Å².